The summed E-state index contributed by atoms with van der Waals surface area (Å²) in [4.78, 5) is 0. The van der Waals surface area contributed by atoms with Crippen molar-refractivity contribution < 1.29 is 4.74 Å². The average Bonchev–Trinajstić information content (AvgIpc) is 2.82. The van der Waals surface area contributed by atoms with Crippen LogP contribution in [0.15, 0.2) is 0 Å². The van der Waals surface area contributed by atoms with E-state index in [-0.39, 0.29) is 6.10 Å². The molecular weight excluding hydrogens is 190 g/mol. The molecule has 15 heavy (non-hydrogen) atoms. The summed E-state index contributed by atoms with van der Waals surface area (Å²) in [5.74, 6) is 2.97. The Kier molecular flexibility index (Phi) is 2.24. The van der Waals surface area contributed by atoms with Gasteiger partial charge in [0.1, 0.15) is 11.9 Å². The molecule has 2 aliphatic heterocycles. The molecule has 0 saturated carbocycles. The van der Waals surface area contributed by atoms with Gasteiger partial charge in [0.15, 0.2) is 5.82 Å². The molecular formula is C11H17N3O. The minimum Gasteiger partial charge on any atom is -0.370 e. The number of fused-ring (bicyclic) bond motifs is 1. The van der Waals surface area contributed by atoms with Crippen molar-refractivity contribution >= 4 is 0 Å². The van der Waals surface area contributed by atoms with Gasteiger partial charge in [-0.25, -0.2) is 0 Å². The van der Waals surface area contributed by atoms with E-state index in [0.717, 1.165) is 50.0 Å². The summed E-state index contributed by atoms with van der Waals surface area (Å²) < 4.78 is 7.94. The Morgan fingerprint density at radius 3 is 3.07 bits per heavy atom. The number of rotatable bonds is 1. The standard InChI is InChI=1S/C11H17N3O/c1-8-4-5-14-10(7-8)12-13-11(14)9-3-2-6-15-9/h8-9H,2-7H2,1H3. The van der Waals surface area contributed by atoms with Crippen LogP contribution in [0.1, 0.15) is 43.9 Å². The molecule has 0 bridgehead atoms. The predicted molar refractivity (Wildman–Crippen MR) is 55.4 cm³/mol. The fraction of sp³-hybridized carbons (Fsp3) is 0.818. The van der Waals surface area contributed by atoms with Crippen molar-refractivity contribution in [2.75, 3.05) is 6.61 Å². The van der Waals surface area contributed by atoms with E-state index in [1.165, 1.54) is 6.42 Å². The SMILES string of the molecule is CC1CCn2c(nnc2C2CCCO2)C1. The Labute approximate surface area is 89.6 Å². The number of nitrogens with zero attached hydrogens (tertiary/aromatic N) is 3. The molecule has 2 atom stereocenters. The van der Waals surface area contributed by atoms with E-state index < -0.39 is 0 Å². The molecule has 0 aliphatic carbocycles. The van der Waals surface area contributed by atoms with Crippen LogP contribution in [-0.2, 0) is 17.7 Å². The number of ether oxygens (including phenoxy) is 1. The summed E-state index contributed by atoms with van der Waals surface area (Å²) in [7, 11) is 0. The quantitative estimate of drug-likeness (QED) is 0.704. The number of aromatic nitrogens is 3. The van der Waals surface area contributed by atoms with E-state index in [2.05, 4.69) is 21.7 Å². The van der Waals surface area contributed by atoms with Crippen LogP contribution in [0, 0.1) is 5.92 Å². The van der Waals surface area contributed by atoms with Crippen LogP contribution >= 0.6 is 0 Å². The molecule has 1 fully saturated rings. The second-order valence-electron chi connectivity index (χ2n) is 4.73. The van der Waals surface area contributed by atoms with E-state index >= 15 is 0 Å². The first-order chi connectivity index (χ1) is 7.34. The van der Waals surface area contributed by atoms with Gasteiger partial charge < -0.3 is 9.30 Å². The van der Waals surface area contributed by atoms with Crippen LogP contribution in [-0.4, -0.2) is 21.4 Å². The fourth-order valence-electron chi connectivity index (χ4n) is 2.53. The molecule has 3 heterocycles. The molecule has 4 nitrogen and oxygen atoms in total. The maximum atomic E-state index is 5.67. The summed E-state index contributed by atoms with van der Waals surface area (Å²) in [6, 6.07) is 0. The summed E-state index contributed by atoms with van der Waals surface area (Å²) in [6.07, 6.45) is 4.78. The average molecular weight is 207 g/mol. The van der Waals surface area contributed by atoms with Gasteiger partial charge in [-0.1, -0.05) is 6.92 Å². The molecule has 2 unspecified atom stereocenters. The summed E-state index contributed by atoms with van der Waals surface area (Å²) in [5.41, 5.74) is 0. The molecule has 4 heteroatoms. The van der Waals surface area contributed by atoms with Crippen molar-refractivity contribution in [3.05, 3.63) is 11.6 Å². The van der Waals surface area contributed by atoms with Crippen molar-refractivity contribution in [3.8, 4) is 0 Å². The fourth-order valence-corrected chi connectivity index (χ4v) is 2.53. The smallest absolute Gasteiger partial charge is 0.162 e. The highest BCUT2D eigenvalue weighted by Crippen LogP contribution is 2.30. The van der Waals surface area contributed by atoms with Crippen molar-refractivity contribution in [1.29, 1.82) is 0 Å². The Hall–Kier alpha value is -0.900. The summed E-state index contributed by atoms with van der Waals surface area (Å²) in [6.45, 7) is 4.23. The number of hydrogen-bond acceptors (Lipinski definition) is 3. The topological polar surface area (TPSA) is 39.9 Å². The molecule has 82 valence electrons. The first-order valence-electron chi connectivity index (χ1n) is 5.88. The zero-order valence-electron chi connectivity index (χ0n) is 9.15. The highest BCUT2D eigenvalue weighted by molar-refractivity contribution is 5.03. The third-order valence-corrected chi connectivity index (χ3v) is 3.45. The molecule has 1 saturated heterocycles. The van der Waals surface area contributed by atoms with E-state index in [4.69, 9.17) is 4.74 Å². The maximum absolute atomic E-state index is 5.67. The molecule has 0 aromatic carbocycles. The Bertz CT molecular complexity index is 355. The van der Waals surface area contributed by atoms with E-state index in [1.54, 1.807) is 0 Å². The molecule has 0 N–H and O–H groups in total. The first-order valence-corrected chi connectivity index (χ1v) is 5.88. The van der Waals surface area contributed by atoms with Crippen molar-refractivity contribution in [2.45, 2.75) is 45.3 Å². The zero-order valence-corrected chi connectivity index (χ0v) is 9.15. The lowest BCUT2D eigenvalue weighted by Gasteiger charge is -2.21. The Morgan fingerprint density at radius 2 is 2.27 bits per heavy atom. The van der Waals surface area contributed by atoms with Gasteiger partial charge in [0, 0.05) is 19.6 Å². The molecule has 0 radical (unpaired) electrons. The second-order valence-corrected chi connectivity index (χ2v) is 4.73. The van der Waals surface area contributed by atoms with Gasteiger partial charge in [0.05, 0.1) is 0 Å². The maximum Gasteiger partial charge on any atom is 0.162 e. The predicted octanol–water partition coefficient (Wildman–Crippen LogP) is 1.71. The lowest BCUT2D eigenvalue weighted by atomic mass is 10.00. The monoisotopic (exact) mass is 207 g/mol. The second kappa shape index (κ2) is 3.59. The van der Waals surface area contributed by atoms with Crippen LogP contribution in [0.5, 0.6) is 0 Å². The normalized spacial score (nSPS) is 30.5. The molecule has 1 aromatic rings. The van der Waals surface area contributed by atoms with E-state index in [0.29, 0.717) is 0 Å². The van der Waals surface area contributed by atoms with E-state index in [9.17, 15) is 0 Å². The Balaban J connectivity index is 1.90. The molecule has 0 spiro atoms. The lowest BCUT2D eigenvalue weighted by Crippen LogP contribution is -2.20. The first kappa shape index (κ1) is 9.33. The lowest BCUT2D eigenvalue weighted by molar-refractivity contribution is 0.100. The van der Waals surface area contributed by atoms with Crippen LogP contribution < -0.4 is 0 Å². The third kappa shape index (κ3) is 1.57. The van der Waals surface area contributed by atoms with Crippen molar-refractivity contribution in [2.24, 2.45) is 5.92 Å². The summed E-state index contributed by atoms with van der Waals surface area (Å²) in [5, 5.41) is 8.59. The van der Waals surface area contributed by atoms with Gasteiger partial charge >= 0.3 is 0 Å². The third-order valence-electron chi connectivity index (χ3n) is 3.45. The van der Waals surface area contributed by atoms with Crippen LogP contribution in [0.3, 0.4) is 0 Å². The highest BCUT2D eigenvalue weighted by Gasteiger charge is 2.27. The van der Waals surface area contributed by atoms with Gasteiger partial charge in [-0.15, -0.1) is 10.2 Å². The van der Waals surface area contributed by atoms with Gasteiger partial charge in [-0.2, -0.15) is 0 Å². The van der Waals surface area contributed by atoms with Gasteiger partial charge in [0.2, 0.25) is 0 Å². The van der Waals surface area contributed by atoms with Crippen LogP contribution in [0.4, 0.5) is 0 Å². The van der Waals surface area contributed by atoms with E-state index in [1.807, 2.05) is 0 Å². The van der Waals surface area contributed by atoms with Gasteiger partial charge in [0.25, 0.3) is 0 Å². The van der Waals surface area contributed by atoms with Crippen molar-refractivity contribution in [3.63, 3.8) is 0 Å². The molecule has 2 aliphatic rings. The minimum absolute atomic E-state index is 0.208. The minimum atomic E-state index is 0.208. The highest BCUT2D eigenvalue weighted by atomic mass is 16.5. The van der Waals surface area contributed by atoms with Gasteiger partial charge in [-0.05, 0) is 25.2 Å². The zero-order chi connectivity index (χ0) is 10.3. The molecule has 0 amide bonds. The Morgan fingerprint density at radius 1 is 1.33 bits per heavy atom. The molecule has 1 aromatic heterocycles. The van der Waals surface area contributed by atoms with Crippen LogP contribution in [0.2, 0.25) is 0 Å². The van der Waals surface area contributed by atoms with Gasteiger partial charge in [-0.3, -0.25) is 0 Å². The van der Waals surface area contributed by atoms with Crippen LogP contribution in [0.25, 0.3) is 0 Å². The largest absolute Gasteiger partial charge is 0.370 e. The summed E-state index contributed by atoms with van der Waals surface area (Å²) >= 11 is 0. The number of hydrogen-bond donors (Lipinski definition) is 0. The van der Waals surface area contributed by atoms with Crippen molar-refractivity contribution in [1.82, 2.24) is 14.8 Å². The molecule has 3 rings (SSSR count).